The Bertz CT molecular complexity index is 2900. The summed E-state index contributed by atoms with van der Waals surface area (Å²) in [6.07, 6.45) is 21.8. The molecule has 1 amide bonds. The van der Waals surface area contributed by atoms with Gasteiger partial charge in [0.2, 0.25) is 0 Å². The van der Waals surface area contributed by atoms with E-state index in [9.17, 15) is 33.1 Å². The third-order valence-corrected chi connectivity index (χ3v) is 11.0. The van der Waals surface area contributed by atoms with Gasteiger partial charge in [-0.3, -0.25) is 14.5 Å². The summed E-state index contributed by atoms with van der Waals surface area (Å²) >= 11 is 0. The van der Waals surface area contributed by atoms with Crippen molar-refractivity contribution in [3.63, 3.8) is 0 Å². The van der Waals surface area contributed by atoms with Gasteiger partial charge in [0, 0.05) is 46.4 Å². The van der Waals surface area contributed by atoms with Crippen molar-refractivity contribution in [2.45, 2.75) is 6.04 Å². The number of amides is 1. The van der Waals surface area contributed by atoms with Crippen LogP contribution in [0.1, 0.15) is 50.5 Å². The molecule has 8 aromatic rings. The van der Waals surface area contributed by atoms with Gasteiger partial charge in [-0.25, -0.2) is 31.3 Å². The molecule has 1 aliphatic heterocycles. The molecule has 0 aromatic heterocycles. The molecule has 1 atom stereocenters. The normalized spacial score (nSPS) is 12.6. The zero-order chi connectivity index (χ0) is 53.6. The molecule has 1 N–H and O–H groups in total. The molecule has 0 saturated heterocycles. The number of hydrogen-bond acceptors (Lipinski definition) is 4. The average molecular weight is 1220 g/mol. The third kappa shape index (κ3) is 22.7. The quantitative estimate of drug-likeness (QED) is 0.0665. The van der Waals surface area contributed by atoms with Crippen LogP contribution in [0.15, 0.2) is 261 Å². The number of carboxylic acid groups (broad SMARTS) is 1. The number of carbonyl (C=O) groups is 4. The molecule has 1 aliphatic rings. The minimum absolute atomic E-state index is 0. The predicted octanol–water partition coefficient (Wildman–Crippen LogP) is 15.6. The summed E-state index contributed by atoms with van der Waals surface area (Å²) in [5, 5.41) is 9.36. The SMILES string of the molecule is O=C(C=Cc1ccccc1)C=Cc1ccccc1.O=C(C=Cc1ccccc1)C=Cc1ccccc1.O=C(O)N1CC(c2cc(F)ccc2F)=CC1c1ccccc1.O=C([C-]=Cc1cc[c-]cc1)C=Cc1ccccc1.[Pd].[Pd]. The van der Waals surface area contributed by atoms with Crippen LogP contribution in [-0.2, 0) is 55.2 Å². The minimum Gasteiger partial charge on any atom is -0.465 e. The molecule has 0 saturated carbocycles. The number of benzene rings is 8. The molecule has 9 rings (SSSR count). The van der Waals surface area contributed by atoms with Crippen molar-refractivity contribution in [3.8, 4) is 0 Å². The van der Waals surface area contributed by atoms with Gasteiger partial charge in [0.1, 0.15) is 11.6 Å². The maximum absolute atomic E-state index is 13.9. The Morgan fingerprint density at radius 3 is 1.24 bits per heavy atom. The van der Waals surface area contributed by atoms with Gasteiger partial charge in [0.05, 0.1) is 18.4 Å². The number of halogens is 2. The number of ketones is 3. The van der Waals surface area contributed by atoms with Crippen LogP contribution in [0.2, 0.25) is 0 Å². The van der Waals surface area contributed by atoms with Crippen molar-refractivity contribution in [1.82, 2.24) is 4.90 Å². The molecule has 0 fully saturated rings. The maximum Gasteiger partial charge on any atom is 0.408 e. The van der Waals surface area contributed by atoms with Gasteiger partial charge in [-0.15, -0.1) is 18.2 Å². The third-order valence-electron chi connectivity index (χ3n) is 11.0. The van der Waals surface area contributed by atoms with Crippen LogP contribution in [0, 0.1) is 23.8 Å². The van der Waals surface area contributed by atoms with Gasteiger partial charge >= 0.3 is 6.09 Å². The summed E-state index contributed by atoms with van der Waals surface area (Å²) in [5.74, 6) is -1.29. The summed E-state index contributed by atoms with van der Waals surface area (Å²) in [5.41, 5.74) is 7.41. The molecular weight excluding hydrogens is 1160 g/mol. The number of rotatable bonds is 14. The van der Waals surface area contributed by atoms with E-state index < -0.39 is 23.8 Å². The molecule has 0 spiro atoms. The van der Waals surface area contributed by atoms with E-state index in [1.807, 2.05) is 218 Å². The van der Waals surface area contributed by atoms with Crippen LogP contribution in [-0.4, -0.2) is 40.0 Å². The first kappa shape index (κ1) is 61.9. The second kappa shape index (κ2) is 34.9. The molecule has 8 aromatic carbocycles. The van der Waals surface area contributed by atoms with E-state index in [0.717, 1.165) is 57.1 Å². The number of carbonyl (C=O) groups excluding carboxylic acids is 3. The van der Waals surface area contributed by atoms with Crippen molar-refractivity contribution < 1.29 is 73.9 Å². The van der Waals surface area contributed by atoms with Crippen LogP contribution in [0.5, 0.6) is 0 Å². The van der Waals surface area contributed by atoms with Gasteiger partial charge < -0.3 is 9.90 Å². The van der Waals surface area contributed by atoms with Crippen LogP contribution in [0.25, 0.3) is 42.0 Å². The van der Waals surface area contributed by atoms with E-state index in [0.29, 0.717) is 5.57 Å². The Morgan fingerprint density at radius 2 is 0.859 bits per heavy atom. The molecule has 0 radical (unpaired) electrons. The molecule has 10 heteroatoms. The van der Waals surface area contributed by atoms with E-state index in [1.165, 1.54) is 11.0 Å². The molecule has 396 valence electrons. The van der Waals surface area contributed by atoms with Crippen LogP contribution < -0.4 is 0 Å². The number of nitrogens with zero attached hydrogens (tertiary/aromatic N) is 1. The molecular formula is C68H53F2NO5Pd2-2. The summed E-state index contributed by atoms with van der Waals surface area (Å²) in [7, 11) is 0. The van der Waals surface area contributed by atoms with Gasteiger partial charge in [-0.2, -0.15) is 24.3 Å². The van der Waals surface area contributed by atoms with E-state index >= 15 is 0 Å². The minimum atomic E-state index is -1.10. The fraction of sp³-hybridized carbons (Fsp3) is 0.0294. The topological polar surface area (TPSA) is 91.8 Å². The largest absolute Gasteiger partial charge is 0.465 e. The Balaban J connectivity index is 0.000000223. The fourth-order valence-electron chi connectivity index (χ4n) is 7.16. The smallest absolute Gasteiger partial charge is 0.408 e. The summed E-state index contributed by atoms with van der Waals surface area (Å²) in [6.45, 7) is 0.0231. The van der Waals surface area contributed by atoms with Crippen molar-refractivity contribution in [2.75, 3.05) is 6.54 Å². The predicted molar refractivity (Wildman–Crippen MR) is 304 cm³/mol. The zero-order valence-electron chi connectivity index (χ0n) is 42.0. The first-order valence-electron chi connectivity index (χ1n) is 24.1. The van der Waals surface area contributed by atoms with E-state index in [2.05, 4.69) is 12.1 Å². The molecule has 0 bridgehead atoms. The van der Waals surface area contributed by atoms with E-state index in [1.54, 1.807) is 54.7 Å². The van der Waals surface area contributed by atoms with Gasteiger partial charge in [0.25, 0.3) is 0 Å². The van der Waals surface area contributed by atoms with E-state index in [-0.39, 0.29) is 70.3 Å². The Morgan fingerprint density at radius 1 is 0.487 bits per heavy atom. The van der Waals surface area contributed by atoms with Crippen LogP contribution in [0.3, 0.4) is 0 Å². The monoisotopic (exact) mass is 1210 g/mol. The Kier molecular flexibility index (Phi) is 27.7. The van der Waals surface area contributed by atoms with Gasteiger partial charge in [-0.05, 0) is 81.5 Å². The fourth-order valence-corrected chi connectivity index (χ4v) is 7.16. The summed E-state index contributed by atoms with van der Waals surface area (Å²) < 4.78 is 27.3. The Hall–Kier alpha value is -8.60. The molecule has 6 nitrogen and oxygen atoms in total. The van der Waals surface area contributed by atoms with Crippen molar-refractivity contribution >= 4 is 65.5 Å². The first-order valence-corrected chi connectivity index (χ1v) is 24.1. The van der Waals surface area contributed by atoms with Crippen LogP contribution in [0.4, 0.5) is 13.6 Å². The first-order chi connectivity index (χ1) is 37.1. The average Bonchev–Trinajstić information content (AvgIpc) is 3.95. The summed E-state index contributed by atoms with van der Waals surface area (Å²) in [6, 6.07) is 70.8. The second-order valence-corrected chi connectivity index (χ2v) is 16.6. The Labute approximate surface area is 482 Å². The zero-order valence-corrected chi connectivity index (χ0v) is 45.1. The molecule has 78 heavy (non-hydrogen) atoms. The van der Waals surface area contributed by atoms with Crippen LogP contribution >= 0.6 is 0 Å². The standard InChI is InChI=1S/C17H13F2NO2.2C17H14O.C17H12O.2Pd/c18-13-6-7-15(19)14(9-13)12-8-16(20(10-12)17(21)22)11-4-2-1-3-5-11;3*18-17(13-11-15-7-3-1-4-8-15)14-12-16-9-5-2-6-10-16;;/h1-9,16H,10H2,(H,21,22);2*1-14H;1,3-13H;;/q;;;-2;;. The molecule has 1 unspecified atom stereocenters. The second-order valence-electron chi connectivity index (χ2n) is 16.6. The van der Waals surface area contributed by atoms with Crippen molar-refractivity contribution in [3.05, 3.63) is 329 Å². The maximum atomic E-state index is 13.9. The molecule has 0 aliphatic carbocycles. The van der Waals surface area contributed by atoms with Gasteiger partial charge in [-0.1, -0.05) is 212 Å². The number of hydrogen-bond donors (Lipinski definition) is 1. The molecule has 1 heterocycles. The summed E-state index contributed by atoms with van der Waals surface area (Å²) in [4.78, 5) is 47.4. The van der Waals surface area contributed by atoms with Crippen molar-refractivity contribution in [2.24, 2.45) is 0 Å². The van der Waals surface area contributed by atoms with E-state index in [4.69, 9.17) is 0 Å². The van der Waals surface area contributed by atoms with Crippen molar-refractivity contribution in [1.29, 1.82) is 0 Å². The number of allylic oxidation sites excluding steroid dienone is 6. The van der Waals surface area contributed by atoms with Gasteiger partial charge in [0.15, 0.2) is 11.6 Å².